The van der Waals surface area contributed by atoms with Crippen molar-refractivity contribution in [1.29, 1.82) is 0 Å². The second kappa shape index (κ2) is 9.11. The van der Waals surface area contributed by atoms with Gasteiger partial charge in [-0.3, -0.25) is 0 Å². The number of esters is 1. The number of hydrogen-bond donors (Lipinski definition) is 1. The molecule has 0 saturated carbocycles. The Morgan fingerprint density at radius 1 is 1.21 bits per heavy atom. The van der Waals surface area contributed by atoms with E-state index in [0.717, 1.165) is 5.56 Å². The van der Waals surface area contributed by atoms with Crippen molar-refractivity contribution in [2.24, 2.45) is 5.92 Å². The summed E-state index contributed by atoms with van der Waals surface area (Å²) in [5.74, 6) is -0.695. The number of alkyl carbamates (subject to hydrolysis) is 1. The Morgan fingerprint density at radius 2 is 1.83 bits per heavy atom. The number of amides is 1. The monoisotopic (exact) mass is 333 g/mol. The first-order valence-corrected chi connectivity index (χ1v) is 8.06. The van der Waals surface area contributed by atoms with Gasteiger partial charge in [0.15, 0.2) is 0 Å². The van der Waals surface area contributed by atoms with Crippen molar-refractivity contribution < 1.29 is 19.1 Å². The Balaban J connectivity index is 2.69. The van der Waals surface area contributed by atoms with Gasteiger partial charge in [0.2, 0.25) is 0 Å². The summed E-state index contributed by atoms with van der Waals surface area (Å²) in [5.41, 5.74) is 0.253. The summed E-state index contributed by atoms with van der Waals surface area (Å²) in [6.07, 6.45) is 3.02. The Bertz CT molecular complexity index is 560. The lowest BCUT2D eigenvalue weighted by molar-refractivity contribution is -0.158. The van der Waals surface area contributed by atoms with Crippen LogP contribution in [0.5, 0.6) is 0 Å². The number of benzene rings is 1. The maximum absolute atomic E-state index is 12.4. The van der Waals surface area contributed by atoms with Crippen LogP contribution in [-0.4, -0.2) is 23.7 Å². The predicted octanol–water partition coefficient (Wildman–Crippen LogP) is 3.84. The van der Waals surface area contributed by atoms with Gasteiger partial charge < -0.3 is 14.8 Å². The highest BCUT2D eigenvalue weighted by Crippen LogP contribution is 2.14. The first kappa shape index (κ1) is 19.7. The van der Waals surface area contributed by atoms with Crippen LogP contribution in [-0.2, 0) is 20.9 Å². The molecule has 0 fully saturated rings. The second-order valence-electron chi connectivity index (χ2n) is 6.60. The first-order valence-electron chi connectivity index (χ1n) is 8.06. The molecule has 0 aromatic heterocycles. The summed E-state index contributed by atoms with van der Waals surface area (Å²) in [5, 5.41) is 2.61. The molecule has 0 bridgehead atoms. The normalized spacial score (nSPS) is 14.0. The van der Waals surface area contributed by atoms with Crippen LogP contribution >= 0.6 is 0 Å². The highest BCUT2D eigenvalue weighted by molar-refractivity contribution is 5.82. The average molecular weight is 333 g/mol. The summed E-state index contributed by atoms with van der Waals surface area (Å²) in [6, 6.07) is 8.55. The van der Waals surface area contributed by atoms with E-state index < -0.39 is 23.7 Å². The molecule has 0 spiro atoms. The maximum atomic E-state index is 12.4. The molecule has 0 heterocycles. The van der Waals surface area contributed by atoms with Crippen LogP contribution in [0.4, 0.5) is 4.79 Å². The van der Waals surface area contributed by atoms with E-state index >= 15 is 0 Å². The van der Waals surface area contributed by atoms with Gasteiger partial charge in [-0.1, -0.05) is 49.4 Å². The zero-order valence-corrected chi connectivity index (χ0v) is 15.0. The molecule has 1 aromatic carbocycles. The topological polar surface area (TPSA) is 64.6 Å². The van der Waals surface area contributed by atoms with E-state index in [9.17, 15) is 9.59 Å². The van der Waals surface area contributed by atoms with Gasteiger partial charge >= 0.3 is 12.1 Å². The van der Waals surface area contributed by atoms with E-state index in [4.69, 9.17) is 9.47 Å². The SMILES string of the molecule is C/C=C/[C@@H](C)[C@@H](NC(=O)OCc1ccccc1)C(=O)OC(C)(C)C. The van der Waals surface area contributed by atoms with Crippen LogP contribution in [0, 0.1) is 5.92 Å². The lowest BCUT2D eigenvalue weighted by Crippen LogP contribution is -2.47. The molecule has 1 rings (SSSR count). The van der Waals surface area contributed by atoms with Crippen molar-refractivity contribution in [3.8, 4) is 0 Å². The zero-order valence-electron chi connectivity index (χ0n) is 15.0. The summed E-state index contributed by atoms with van der Waals surface area (Å²) in [6.45, 7) is 9.20. The van der Waals surface area contributed by atoms with Crippen molar-refractivity contribution in [3.63, 3.8) is 0 Å². The molecule has 5 heteroatoms. The van der Waals surface area contributed by atoms with Gasteiger partial charge in [-0.25, -0.2) is 9.59 Å². The van der Waals surface area contributed by atoms with E-state index in [0.29, 0.717) is 0 Å². The molecule has 0 unspecified atom stereocenters. The third-order valence-electron chi connectivity index (χ3n) is 3.17. The van der Waals surface area contributed by atoms with Crippen LogP contribution in [0.1, 0.15) is 40.2 Å². The average Bonchev–Trinajstić information content (AvgIpc) is 2.50. The minimum atomic E-state index is -0.802. The fraction of sp³-hybridized carbons (Fsp3) is 0.474. The van der Waals surface area contributed by atoms with E-state index in [1.807, 2.05) is 56.3 Å². The molecule has 2 atom stereocenters. The quantitative estimate of drug-likeness (QED) is 0.634. The fourth-order valence-electron chi connectivity index (χ4n) is 2.08. The van der Waals surface area contributed by atoms with E-state index in [-0.39, 0.29) is 12.5 Å². The van der Waals surface area contributed by atoms with Crippen molar-refractivity contribution in [2.45, 2.75) is 52.9 Å². The molecule has 0 aliphatic heterocycles. The standard InChI is InChI=1S/C19H27NO4/c1-6-10-14(2)16(17(21)24-19(3,4)5)20-18(22)23-13-15-11-8-7-9-12-15/h6-12,14,16H,13H2,1-5H3,(H,20,22)/b10-6+/t14-,16-/m1/s1. The van der Waals surface area contributed by atoms with Gasteiger partial charge in [-0.05, 0) is 33.3 Å². The molecule has 0 saturated heterocycles. The van der Waals surface area contributed by atoms with Gasteiger partial charge in [-0.15, -0.1) is 0 Å². The lowest BCUT2D eigenvalue weighted by Gasteiger charge is -2.26. The summed E-state index contributed by atoms with van der Waals surface area (Å²) in [7, 11) is 0. The fourth-order valence-corrected chi connectivity index (χ4v) is 2.08. The zero-order chi connectivity index (χ0) is 18.2. The van der Waals surface area contributed by atoms with Gasteiger partial charge in [0.05, 0.1) is 0 Å². The van der Waals surface area contributed by atoms with Crippen LogP contribution in [0.3, 0.4) is 0 Å². The molecule has 132 valence electrons. The van der Waals surface area contributed by atoms with E-state index in [1.54, 1.807) is 20.8 Å². The van der Waals surface area contributed by atoms with Crippen LogP contribution in [0.25, 0.3) is 0 Å². The molecule has 1 aromatic rings. The van der Waals surface area contributed by atoms with Crippen LogP contribution in [0.15, 0.2) is 42.5 Å². The highest BCUT2D eigenvalue weighted by atomic mass is 16.6. The molecule has 1 N–H and O–H groups in total. The minimum Gasteiger partial charge on any atom is -0.458 e. The summed E-state index contributed by atoms with van der Waals surface area (Å²) >= 11 is 0. The molecular formula is C19H27NO4. The molecular weight excluding hydrogens is 306 g/mol. The van der Waals surface area contributed by atoms with Crippen molar-refractivity contribution in [3.05, 3.63) is 48.0 Å². The van der Waals surface area contributed by atoms with E-state index in [2.05, 4.69) is 5.32 Å². The molecule has 24 heavy (non-hydrogen) atoms. The van der Waals surface area contributed by atoms with E-state index in [1.165, 1.54) is 0 Å². The molecule has 5 nitrogen and oxygen atoms in total. The van der Waals surface area contributed by atoms with Gasteiger partial charge in [-0.2, -0.15) is 0 Å². The Morgan fingerprint density at radius 3 is 2.38 bits per heavy atom. The Labute approximate surface area is 144 Å². The number of nitrogens with one attached hydrogen (secondary N) is 1. The Kier molecular flexibility index (Phi) is 7.49. The van der Waals surface area contributed by atoms with Gasteiger partial charge in [0.1, 0.15) is 18.2 Å². The van der Waals surface area contributed by atoms with Gasteiger partial charge in [0, 0.05) is 5.92 Å². The summed E-state index contributed by atoms with van der Waals surface area (Å²) < 4.78 is 10.6. The molecule has 0 aliphatic carbocycles. The largest absolute Gasteiger partial charge is 0.458 e. The first-order chi connectivity index (χ1) is 11.2. The third kappa shape index (κ3) is 7.31. The number of carbonyl (C=O) groups excluding carboxylic acids is 2. The lowest BCUT2D eigenvalue weighted by atomic mass is 10.0. The number of ether oxygens (including phenoxy) is 2. The number of allylic oxidation sites excluding steroid dienone is 1. The molecule has 1 amide bonds. The van der Waals surface area contributed by atoms with Crippen molar-refractivity contribution in [2.75, 3.05) is 0 Å². The smallest absolute Gasteiger partial charge is 0.408 e. The molecule has 0 radical (unpaired) electrons. The number of hydrogen-bond acceptors (Lipinski definition) is 4. The number of rotatable bonds is 6. The van der Waals surface area contributed by atoms with Crippen molar-refractivity contribution in [1.82, 2.24) is 5.32 Å². The Hall–Kier alpha value is -2.30. The van der Waals surface area contributed by atoms with Crippen molar-refractivity contribution >= 4 is 12.1 Å². The van der Waals surface area contributed by atoms with Crippen LogP contribution in [0.2, 0.25) is 0 Å². The second-order valence-corrected chi connectivity index (χ2v) is 6.60. The number of carbonyl (C=O) groups is 2. The maximum Gasteiger partial charge on any atom is 0.408 e. The molecule has 0 aliphatic rings. The predicted molar refractivity (Wildman–Crippen MR) is 93.4 cm³/mol. The van der Waals surface area contributed by atoms with Gasteiger partial charge in [0.25, 0.3) is 0 Å². The summed E-state index contributed by atoms with van der Waals surface area (Å²) in [4.78, 5) is 24.4. The highest BCUT2D eigenvalue weighted by Gasteiger charge is 2.30. The minimum absolute atomic E-state index is 0.145. The third-order valence-corrected chi connectivity index (χ3v) is 3.17. The van der Waals surface area contributed by atoms with Crippen LogP contribution < -0.4 is 5.32 Å².